The number of rotatable bonds is 7. The van der Waals surface area contributed by atoms with Crippen LogP contribution in [0.15, 0.2) is 42.5 Å². The normalized spacial score (nSPS) is 17.9. The molecule has 0 amide bonds. The predicted octanol–water partition coefficient (Wildman–Crippen LogP) is 6.80. The van der Waals surface area contributed by atoms with Crippen LogP contribution in [0.4, 0.5) is 0 Å². The molecule has 1 saturated heterocycles. The third-order valence-electron chi connectivity index (χ3n) is 6.59. The minimum Gasteiger partial charge on any atom is -0.493 e. The second-order valence-corrected chi connectivity index (χ2v) is 8.41. The molecule has 4 nitrogen and oxygen atoms in total. The largest absolute Gasteiger partial charge is 0.493 e. The number of hydrogen-bond acceptors (Lipinski definition) is 4. The van der Waals surface area contributed by atoms with Crippen molar-refractivity contribution in [2.75, 3.05) is 27.3 Å². The maximum atomic E-state index is 12.9. The van der Waals surface area contributed by atoms with E-state index in [1.807, 2.05) is 39.8 Å². The Morgan fingerprint density at radius 3 is 2.09 bits per heavy atom. The lowest BCUT2D eigenvalue weighted by Crippen LogP contribution is -2.33. The zero-order valence-electron chi connectivity index (χ0n) is 21.5. The van der Waals surface area contributed by atoms with Crippen LogP contribution in [0.3, 0.4) is 0 Å². The first-order chi connectivity index (χ1) is 16.2. The first kappa shape index (κ1) is 26.9. The third-order valence-corrected chi connectivity index (χ3v) is 6.59. The number of fused-ring (bicyclic) bond motifs is 1. The van der Waals surface area contributed by atoms with Gasteiger partial charge in [-0.05, 0) is 74.4 Å². The van der Waals surface area contributed by atoms with Gasteiger partial charge >= 0.3 is 0 Å². The van der Waals surface area contributed by atoms with Gasteiger partial charge in [-0.15, -0.1) is 0 Å². The van der Waals surface area contributed by atoms with Crippen molar-refractivity contribution in [3.8, 4) is 11.5 Å². The zero-order valence-corrected chi connectivity index (χ0v) is 21.5. The van der Waals surface area contributed by atoms with E-state index in [0.717, 1.165) is 55.9 Å². The van der Waals surface area contributed by atoms with Gasteiger partial charge in [0.15, 0.2) is 17.3 Å². The molecule has 0 spiro atoms. The number of hydrogen-bond donors (Lipinski definition) is 0. The molecule has 0 radical (unpaired) electrons. The molecule has 2 aromatic rings. The van der Waals surface area contributed by atoms with Crippen LogP contribution in [0.1, 0.15) is 74.9 Å². The Balaban J connectivity index is 0.000000914. The average molecular weight is 454 g/mol. The number of benzene rings is 2. The van der Waals surface area contributed by atoms with Crippen molar-refractivity contribution in [2.24, 2.45) is 11.8 Å². The van der Waals surface area contributed by atoms with Gasteiger partial charge in [-0.2, -0.15) is 0 Å². The minimum atomic E-state index is 0.115. The van der Waals surface area contributed by atoms with E-state index in [2.05, 4.69) is 35.2 Å². The molecule has 1 atom stereocenters. The number of piperidine rings is 1. The van der Waals surface area contributed by atoms with Gasteiger partial charge in [0.25, 0.3) is 0 Å². The fraction of sp³-hybridized carbons (Fsp3) is 0.552. The highest BCUT2D eigenvalue weighted by atomic mass is 16.5. The van der Waals surface area contributed by atoms with Crippen LogP contribution in [0.25, 0.3) is 0 Å². The predicted molar refractivity (Wildman–Crippen MR) is 137 cm³/mol. The van der Waals surface area contributed by atoms with E-state index in [9.17, 15) is 4.79 Å². The number of carbonyl (C=O) groups excluding carboxylic acids is 1. The van der Waals surface area contributed by atoms with E-state index in [-0.39, 0.29) is 11.7 Å². The molecule has 1 aliphatic heterocycles. The monoisotopic (exact) mass is 453 g/mol. The maximum absolute atomic E-state index is 12.9. The van der Waals surface area contributed by atoms with Crippen molar-refractivity contribution >= 4 is 5.78 Å². The van der Waals surface area contributed by atoms with Crippen LogP contribution in [-0.2, 0) is 13.0 Å². The second kappa shape index (κ2) is 14.0. The van der Waals surface area contributed by atoms with Crippen molar-refractivity contribution in [1.29, 1.82) is 0 Å². The molecule has 4 rings (SSSR count). The number of methoxy groups -OCH3 is 2. The molecule has 1 heterocycles. The number of Topliss-reactive ketones (excluding diaryl/α,β-unsaturated/α-hetero) is 1. The number of carbonyl (C=O) groups is 1. The van der Waals surface area contributed by atoms with Gasteiger partial charge in [-0.1, -0.05) is 58.0 Å². The van der Waals surface area contributed by atoms with E-state index < -0.39 is 0 Å². The Morgan fingerprint density at radius 2 is 1.48 bits per heavy atom. The van der Waals surface area contributed by atoms with Gasteiger partial charge in [0.2, 0.25) is 0 Å². The van der Waals surface area contributed by atoms with Gasteiger partial charge in [0.05, 0.1) is 14.2 Å². The SMILES string of the molecule is CC.CC.COc1cc2c(cc1OC)C(=O)C(CCC1CCN(Cc3ccccc3)CC1)C2. The van der Waals surface area contributed by atoms with Gasteiger partial charge in [-0.3, -0.25) is 9.69 Å². The summed E-state index contributed by atoms with van der Waals surface area (Å²) in [6.07, 6.45) is 5.45. The topological polar surface area (TPSA) is 38.8 Å². The first-order valence-corrected chi connectivity index (χ1v) is 12.7. The van der Waals surface area contributed by atoms with Crippen LogP contribution in [0.5, 0.6) is 11.5 Å². The number of ether oxygens (including phenoxy) is 2. The molecule has 0 N–H and O–H groups in total. The molecule has 4 heteroatoms. The Bertz CT molecular complexity index is 841. The molecule has 2 aliphatic rings. The van der Waals surface area contributed by atoms with Crippen molar-refractivity contribution < 1.29 is 14.3 Å². The van der Waals surface area contributed by atoms with Crippen molar-refractivity contribution in [2.45, 2.75) is 66.3 Å². The Kier molecular flexibility index (Phi) is 11.5. The summed E-state index contributed by atoms with van der Waals surface area (Å²) in [6, 6.07) is 14.6. The quantitative estimate of drug-likeness (QED) is 0.462. The van der Waals surface area contributed by atoms with Gasteiger partial charge in [0.1, 0.15) is 0 Å². The van der Waals surface area contributed by atoms with Crippen LogP contribution in [-0.4, -0.2) is 38.0 Å². The summed E-state index contributed by atoms with van der Waals surface area (Å²) in [5.74, 6) is 2.49. The van der Waals surface area contributed by atoms with Gasteiger partial charge in [-0.25, -0.2) is 0 Å². The molecule has 33 heavy (non-hydrogen) atoms. The average Bonchev–Trinajstić information content (AvgIpc) is 3.20. The molecular weight excluding hydrogens is 410 g/mol. The number of ketones is 1. The molecule has 1 fully saturated rings. The summed E-state index contributed by atoms with van der Waals surface area (Å²) in [4.78, 5) is 15.4. The lowest BCUT2D eigenvalue weighted by molar-refractivity contribution is 0.0919. The van der Waals surface area contributed by atoms with Crippen molar-refractivity contribution in [3.05, 3.63) is 59.2 Å². The summed E-state index contributed by atoms with van der Waals surface area (Å²) in [6.45, 7) is 11.4. The Hall–Kier alpha value is -2.33. The summed E-state index contributed by atoms with van der Waals surface area (Å²) in [7, 11) is 3.26. The first-order valence-electron chi connectivity index (χ1n) is 12.7. The lowest BCUT2D eigenvalue weighted by atomic mass is 9.87. The molecule has 2 aromatic carbocycles. The maximum Gasteiger partial charge on any atom is 0.166 e. The third kappa shape index (κ3) is 7.07. The summed E-state index contributed by atoms with van der Waals surface area (Å²) < 4.78 is 10.8. The minimum absolute atomic E-state index is 0.115. The van der Waals surface area contributed by atoms with Crippen molar-refractivity contribution in [1.82, 2.24) is 4.90 Å². The second-order valence-electron chi connectivity index (χ2n) is 8.41. The van der Waals surface area contributed by atoms with Crippen molar-refractivity contribution in [3.63, 3.8) is 0 Å². The van der Waals surface area contributed by atoms with Crippen LogP contribution in [0.2, 0.25) is 0 Å². The van der Waals surface area contributed by atoms with Crippen LogP contribution in [0, 0.1) is 11.8 Å². The van der Waals surface area contributed by atoms with E-state index >= 15 is 0 Å². The molecule has 0 aromatic heterocycles. The van der Waals surface area contributed by atoms with Crippen LogP contribution >= 0.6 is 0 Å². The standard InChI is InChI=1S/C25H31NO3.2C2H6/c1-28-23-15-21-14-20(25(27)22(21)16-24(23)29-2)9-8-18-10-12-26(13-11-18)17-19-6-4-3-5-7-19;2*1-2/h3-7,15-16,18,20H,8-14,17H2,1-2H3;2*1-2H3. The van der Waals surface area contributed by atoms with Crippen LogP contribution < -0.4 is 9.47 Å². The summed E-state index contributed by atoms with van der Waals surface area (Å²) in [5, 5.41) is 0. The molecule has 0 saturated carbocycles. The smallest absolute Gasteiger partial charge is 0.166 e. The van der Waals surface area contributed by atoms with E-state index in [1.165, 1.54) is 18.4 Å². The summed E-state index contributed by atoms with van der Waals surface area (Å²) in [5.41, 5.74) is 3.33. The van der Waals surface area contributed by atoms with E-state index in [0.29, 0.717) is 11.5 Å². The zero-order chi connectivity index (χ0) is 24.2. The lowest BCUT2D eigenvalue weighted by Gasteiger charge is -2.32. The molecule has 1 aliphatic carbocycles. The molecule has 1 unspecified atom stereocenters. The highest BCUT2D eigenvalue weighted by Crippen LogP contribution is 2.38. The molecule has 0 bridgehead atoms. The summed E-state index contributed by atoms with van der Waals surface area (Å²) >= 11 is 0. The fourth-order valence-corrected chi connectivity index (χ4v) is 4.84. The molecule has 182 valence electrons. The van der Waals surface area contributed by atoms with E-state index in [1.54, 1.807) is 14.2 Å². The highest BCUT2D eigenvalue weighted by Gasteiger charge is 2.32. The van der Waals surface area contributed by atoms with Gasteiger partial charge in [0, 0.05) is 18.0 Å². The fourth-order valence-electron chi connectivity index (χ4n) is 4.84. The Morgan fingerprint density at radius 1 is 0.879 bits per heavy atom. The van der Waals surface area contributed by atoms with E-state index in [4.69, 9.17) is 9.47 Å². The Labute approximate surface area is 201 Å². The highest BCUT2D eigenvalue weighted by molar-refractivity contribution is 6.02. The number of nitrogens with zero attached hydrogens (tertiary/aromatic N) is 1. The van der Waals surface area contributed by atoms with Gasteiger partial charge < -0.3 is 9.47 Å². The number of likely N-dealkylation sites (tertiary alicyclic amines) is 1. The molecular formula is C29H43NO3.